The standard InChI is InChI=1S/C27H34N6O2/c1-17-13-19(15-28-14-17)27(3)29-23-6-4-5-21(26(23)30-27)25-22-16-32(18(2)34)10-7-24(22)33(31-25)20-8-11-35-12-9-20/h4-6,14-15,17,20,29-30H,7-13,16H2,1-3H3. The number of aromatic nitrogens is 2. The van der Waals surface area contributed by atoms with Gasteiger partial charge < -0.3 is 20.3 Å². The number of fused-ring (bicyclic) bond motifs is 2. The van der Waals surface area contributed by atoms with Crippen LogP contribution in [0.5, 0.6) is 0 Å². The van der Waals surface area contributed by atoms with E-state index in [2.05, 4.69) is 52.4 Å². The molecule has 2 unspecified atom stereocenters. The first-order valence-corrected chi connectivity index (χ1v) is 12.8. The highest BCUT2D eigenvalue weighted by atomic mass is 16.5. The molecule has 1 aromatic carbocycles. The quantitative estimate of drug-likeness (QED) is 0.691. The van der Waals surface area contributed by atoms with E-state index in [1.54, 1.807) is 6.92 Å². The van der Waals surface area contributed by atoms with Gasteiger partial charge in [-0.15, -0.1) is 0 Å². The van der Waals surface area contributed by atoms with Crippen molar-refractivity contribution in [3.8, 4) is 11.3 Å². The highest BCUT2D eigenvalue weighted by Crippen LogP contribution is 2.46. The van der Waals surface area contributed by atoms with Gasteiger partial charge in [0.05, 0.1) is 23.1 Å². The second-order valence-corrected chi connectivity index (χ2v) is 10.5. The number of nitrogens with one attached hydrogen (secondary N) is 2. The van der Waals surface area contributed by atoms with E-state index in [0.717, 1.165) is 68.1 Å². The Balaban J connectivity index is 1.42. The summed E-state index contributed by atoms with van der Waals surface area (Å²) in [7, 11) is 0. The van der Waals surface area contributed by atoms with Crippen LogP contribution in [-0.4, -0.2) is 52.2 Å². The average molecular weight is 475 g/mol. The van der Waals surface area contributed by atoms with Crippen molar-refractivity contribution in [1.82, 2.24) is 14.7 Å². The summed E-state index contributed by atoms with van der Waals surface area (Å²) in [4.78, 5) is 18.7. The molecule has 6 rings (SSSR count). The summed E-state index contributed by atoms with van der Waals surface area (Å²) in [5.74, 6) is 0.531. The number of rotatable bonds is 3. The van der Waals surface area contributed by atoms with E-state index in [4.69, 9.17) is 9.84 Å². The zero-order chi connectivity index (χ0) is 24.2. The fourth-order valence-electron chi connectivity index (χ4n) is 5.93. The van der Waals surface area contributed by atoms with E-state index in [1.165, 1.54) is 16.8 Å². The van der Waals surface area contributed by atoms with Gasteiger partial charge in [0.25, 0.3) is 0 Å². The number of ether oxygens (including phenoxy) is 1. The summed E-state index contributed by atoms with van der Waals surface area (Å²) < 4.78 is 7.88. The molecule has 0 bridgehead atoms. The van der Waals surface area contributed by atoms with Crippen molar-refractivity contribution >= 4 is 23.5 Å². The van der Waals surface area contributed by atoms with E-state index < -0.39 is 5.66 Å². The minimum atomic E-state index is -0.404. The molecule has 0 aliphatic carbocycles. The Bertz CT molecular complexity index is 1220. The minimum Gasteiger partial charge on any atom is -0.381 e. The van der Waals surface area contributed by atoms with E-state index in [0.29, 0.717) is 18.5 Å². The SMILES string of the molecule is CC(=O)N1CCc2c(c(-c3cccc4c3NC(C)(C3=CN=CC(C)C3)N4)nn2C2CCOCC2)C1. The largest absolute Gasteiger partial charge is 0.381 e. The lowest BCUT2D eigenvalue weighted by molar-refractivity contribution is -0.129. The molecule has 8 nitrogen and oxygen atoms in total. The number of anilines is 2. The number of aliphatic imine (C=N–C) groups is 1. The van der Waals surface area contributed by atoms with Gasteiger partial charge in [-0.25, -0.2) is 0 Å². The Morgan fingerprint density at radius 1 is 1.23 bits per heavy atom. The Morgan fingerprint density at radius 2 is 2.06 bits per heavy atom. The molecule has 1 fully saturated rings. The predicted molar refractivity (Wildman–Crippen MR) is 138 cm³/mol. The van der Waals surface area contributed by atoms with Crippen molar-refractivity contribution < 1.29 is 9.53 Å². The second kappa shape index (κ2) is 8.52. The first kappa shape index (κ1) is 22.3. The fraction of sp³-hybridized carbons (Fsp3) is 0.519. The molecule has 0 radical (unpaired) electrons. The van der Waals surface area contributed by atoms with Crippen LogP contribution in [0.1, 0.15) is 57.3 Å². The number of hydrogen-bond acceptors (Lipinski definition) is 6. The molecule has 8 heteroatoms. The van der Waals surface area contributed by atoms with Crippen LogP contribution >= 0.6 is 0 Å². The first-order chi connectivity index (χ1) is 16.9. The number of nitrogens with zero attached hydrogens (tertiary/aromatic N) is 4. The van der Waals surface area contributed by atoms with Crippen LogP contribution in [0.25, 0.3) is 11.3 Å². The normalized spacial score (nSPS) is 26.0. The van der Waals surface area contributed by atoms with Crippen LogP contribution in [0.3, 0.4) is 0 Å². The van der Waals surface area contributed by atoms with Crippen molar-refractivity contribution in [2.24, 2.45) is 10.9 Å². The van der Waals surface area contributed by atoms with Gasteiger partial charge >= 0.3 is 0 Å². The Hall–Kier alpha value is -3.13. The number of carbonyl (C=O) groups excluding carboxylic acids is 1. The number of benzene rings is 1. The van der Waals surface area contributed by atoms with Crippen LogP contribution in [0, 0.1) is 5.92 Å². The summed E-state index contributed by atoms with van der Waals surface area (Å²) in [6.07, 6.45) is 7.74. The molecule has 2 atom stereocenters. The lowest BCUT2D eigenvalue weighted by Crippen LogP contribution is -2.41. The maximum atomic E-state index is 12.3. The van der Waals surface area contributed by atoms with Gasteiger partial charge in [0.15, 0.2) is 0 Å². The minimum absolute atomic E-state index is 0.116. The van der Waals surface area contributed by atoms with E-state index in [-0.39, 0.29) is 5.91 Å². The molecule has 35 heavy (non-hydrogen) atoms. The molecule has 0 saturated carbocycles. The molecule has 0 spiro atoms. The Labute approximate surface area is 206 Å². The average Bonchev–Trinajstić information content (AvgIpc) is 3.42. The smallest absolute Gasteiger partial charge is 0.219 e. The summed E-state index contributed by atoms with van der Waals surface area (Å²) in [5, 5.41) is 12.8. The van der Waals surface area contributed by atoms with E-state index in [9.17, 15) is 4.79 Å². The fourth-order valence-corrected chi connectivity index (χ4v) is 5.93. The van der Waals surface area contributed by atoms with Crippen molar-refractivity contribution in [2.45, 2.75) is 64.7 Å². The number of para-hydroxylation sites is 1. The van der Waals surface area contributed by atoms with Crippen LogP contribution in [-0.2, 0) is 22.5 Å². The highest BCUT2D eigenvalue weighted by Gasteiger charge is 2.39. The third-order valence-electron chi connectivity index (χ3n) is 7.90. The molecule has 5 heterocycles. The molecular weight excluding hydrogens is 440 g/mol. The van der Waals surface area contributed by atoms with Gasteiger partial charge in [0, 0.05) is 68.9 Å². The van der Waals surface area contributed by atoms with Crippen molar-refractivity contribution in [3.63, 3.8) is 0 Å². The van der Waals surface area contributed by atoms with Gasteiger partial charge in [0.2, 0.25) is 5.91 Å². The molecule has 184 valence electrons. The Kier molecular flexibility index (Phi) is 5.44. The molecule has 2 aromatic rings. The topological polar surface area (TPSA) is 83.8 Å². The number of carbonyl (C=O) groups is 1. The van der Waals surface area contributed by atoms with E-state index in [1.807, 2.05) is 17.3 Å². The van der Waals surface area contributed by atoms with Crippen LogP contribution in [0.4, 0.5) is 11.4 Å². The first-order valence-electron chi connectivity index (χ1n) is 12.8. The molecule has 4 aliphatic rings. The maximum absolute atomic E-state index is 12.3. The number of hydrogen-bond donors (Lipinski definition) is 2. The van der Waals surface area contributed by atoms with Crippen LogP contribution in [0.2, 0.25) is 0 Å². The third-order valence-corrected chi connectivity index (χ3v) is 7.90. The molecule has 4 aliphatic heterocycles. The summed E-state index contributed by atoms with van der Waals surface area (Å²) in [6, 6.07) is 6.71. The highest BCUT2D eigenvalue weighted by molar-refractivity contribution is 5.92. The van der Waals surface area contributed by atoms with Crippen molar-refractivity contribution in [3.05, 3.63) is 41.2 Å². The Morgan fingerprint density at radius 3 is 2.83 bits per heavy atom. The summed E-state index contributed by atoms with van der Waals surface area (Å²) >= 11 is 0. The summed E-state index contributed by atoms with van der Waals surface area (Å²) in [5.41, 5.74) is 7.49. The molecule has 2 N–H and O–H groups in total. The molecule has 1 amide bonds. The predicted octanol–water partition coefficient (Wildman–Crippen LogP) is 4.35. The van der Waals surface area contributed by atoms with Crippen LogP contribution in [0.15, 0.2) is 35.0 Å². The van der Waals surface area contributed by atoms with Gasteiger partial charge in [-0.1, -0.05) is 19.1 Å². The lowest BCUT2D eigenvalue weighted by Gasteiger charge is -2.31. The molecule has 1 aromatic heterocycles. The van der Waals surface area contributed by atoms with Crippen LogP contribution < -0.4 is 10.6 Å². The monoisotopic (exact) mass is 474 g/mol. The zero-order valence-electron chi connectivity index (χ0n) is 20.8. The van der Waals surface area contributed by atoms with Gasteiger partial charge in [-0.2, -0.15) is 5.10 Å². The summed E-state index contributed by atoms with van der Waals surface area (Å²) in [6.45, 7) is 8.94. The van der Waals surface area contributed by atoms with Gasteiger partial charge in [-0.3, -0.25) is 14.5 Å². The van der Waals surface area contributed by atoms with Crippen molar-refractivity contribution in [2.75, 3.05) is 30.4 Å². The maximum Gasteiger partial charge on any atom is 0.219 e. The second-order valence-electron chi connectivity index (χ2n) is 10.5. The third kappa shape index (κ3) is 3.84. The van der Waals surface area contributed by atoms with E-state index >= 15 is 0 Å². The number of amides is 1. The lowest BCUT2D eigenvalue weighted by atomic mass is 9.92. The zero-order valence-corrected chi connectivity index (χ0v) is 20.8. The van der Waals surface area contributed by atoms with Gasteiger partial charge in [0.1, 0.15) is 5.66 Å². The molecular formula is C27H34N6O2. The molecule has 1 saturated heterocycles. The van der Waals surface area contributed by atoms with Crippen molar-refractivity contribution in [1.29, 1.82) is 0 Å². The van der Waals surface area contributed by atoms with Gasteiger partial charge in [-0.05, 0) is 43.7 Å².